The Labute approximate surface area is 252 Å². The van der Waals surface area contributed by atoms with Crippen molar-refractivity contribution in [3.8, 4) is 5.75 Å². The summed E-state index contributed by atoms with van der Waals surface area (Å²) in [7, 11) is 1.56. The van der Waals surface area contributed by atoms with Gasteiger partial charge in [-0.15, -0.1) is 11.3 Å². The quantitative estimate of drug-likeness (QED) is 0.288. The second kappa shape index (κ2) is 13.8. The Bertz CT molecular complexity index is 1370. The van der Waals surface area contributed by atoms with Gasteiger partial charge in [-0.05, 0) is 54.6 Å². The number of hydrogen-bond donors (Lipinski definition) is 1. The molecule has 226 valence electrons. The first-order valence-electron chi connectivity index (χ1n) is 14.8. The Morgan fingerprint density at radius 3 is 2.67 bits per heavy atom. The van der Waals surface area contributed by atoms with Gasteiger partial charge in [0.25, 0.3) is 0 Å². The molecular formula is C32H42N4O5S. The number of alkyl carbamates (subject to hydrolysis) is 1. The summed E-state index contributed by atoms with van der Waals surface area (Å²) in [6.45, 7) is 10.6. The zero-order valence-corrected chi connectivity index (χ0v) is 25.7. The van der Waals surface area contributed by atoms with Crippen molar-refractivity contribution in [3.05, 3.63) is 53.4 Å². The summed E-state index contributed by atoms with van der Waals surface area (Å²) >= 11 is 1.80. The summed E-state index contributed by atoms with van der Waals surface area (Å²) in [5.41, 5.74) is 2.80. The number of rotatable bonds is 12. The Morgan fingerprint density at radius 1 is 1.02 bits per heavy atom. The minimum Gasteiger partial charge on any atom is -0.494 e. The highest BCUT2D eigenvalue weighted by atomic mass is 32.1. The summed E-state index contributed by atoms with van der Waals surface area (Å²) in [6, 6.07) is 14.7. The van der Waals surface area contributed by atoms with Gasteiger partial charge in [-0.3, -0.25) is 14.6 Å². The van der Waals surface area contributed by atoms with Gasteiger partial charge in [0, 0.05) is 73.5 Å². The number of unbranched alkanes of at least 4 members (excludes halogenated alkanes) is 1. The molecule has 1 N–H and O–H groups in total. The first-order chi connectivity index (χ1) is 20.4. The highest BCUT2D eigenvalue weighted by Crippen LogP contribution is 2.42. The molecule has 2 aromatic carbocycles. The van der Waals surface area contributed by atoms with E-state index in [9.17, 15) is 9.59 Å². The Balaban J connectivity index is 1.08. The Morgan fingerprint density at radius 2 is 1.86 bits per heavy atom. The number of thiophene rings is 1. The molecule has 0 bridgehead atoms. The largest absolute Gasteiger partial charge is 0.494 e. The van der Waals surface area contributed by atoms with Crippen LogP contribution in [-0.4, -0.2) is 83.2 Å². The molecule has 2 aliphatic rings. The van der Waals surface area contributed by atoms with Crippen LogP contribution in [0.25, 0.3) is 10.1 Å². The number of carbonyl (C=O) groups excluding carboxylic acids is 2. The molecule has 2 amide bonds. The molecule has 2 aliphatic heterocycles. The van der Waals surface area contributed by atoms with Crippen molar-refractivity contribution in [3.63, 3.8) is 0 Å². The predicted octanol–water partition coefficient (Wildman–Crippen LogP) is 5.23. The minimum atomic E-state index is -0.583. The van der Waals surface area contributed by atoms with Crippen LogP contribution < -0.4 is 19.9 Å². The van der Waals surface area contributed by atoms with Crippen molar-refractivity contribution in [1.29, 1.82) is 0 Å². The molecule has 1 saturated heterocycles. The van der Waals surface area contributed by atoms with Gasteiger partial charge < -0.3 is 24.4 Å². The predicted molar refractivity (Wildman–Crippen MR) is 168 cm³/mol. The van der Waals surface area contributed by atoms with E-state index in [0.717, 1.165) is 56.8 Å². The van der Waals surface area contributed by atoms with Gasteiger partial charge in [0.1, 0.15) is 5.75 Å². The van der Waals surface area contributed by atoms with Crippen molar-refractivity contribution in [2.45, 2.75) is 38.5 Å². The number of amides is 2. The number of benzene rings is 2. The molecule has 1 aromatic heterocycles. The van der Waals surface area contributed by atoms with Crippen LogP contribution >= 0.6 is 11.3 Å². The highest BCUT2D eigenvalue weighted by molar-refractivity contribution is 7.17. The van der Waals surface area contributed by atoms with Gasteiger partial charge in [-0.1, -0.05) is 26.0 Å². The minimum absolute atomic E-state index is 0.0820. The number of piperazine rings is 1. The van der Waals surface area contributed by atoms with Gasteiger partial charge in [-0.2, -0.15) is 0 Å². The van der Waals surface area contributed by atoms with Crippen molar-refractivity contribution in [1.82, 2.24) is 10.2 Å². The van der Waals surface area contributed by atoms with E-state index in [4.69, 9.17) is 14.2 Å². The standard InChI is InChI=1S/C32H42N4O5S/c1-32(2)22-30(37)36(23-41-31(38)33-12-19-39-3)28-21-24(9-10-26(28)32)40-18-5-4-13-34-14-16-35(17-15-34)27-7-6-8-29-25(27)11-20-42-29/h6-11,20-21H,4-5,12-19,22-23H2,1-3H3,(H,33,38). The van der Waals surface area contributed by atoms with Gasteiger partial charge in [-0.25, -0.2) is 4.79 Å². The highest BCUT2D eigenvalue weighted by Gasteiger charge is 2.37. The van der Waals surface area contributed by atoms with E-state index in [0.29, 0.717) is 31.9 Å². The zero-order chi connectivity index (χ0) is 29.5. The van der Waals surface area contributed by atoms with Gasteiger partial charge >= 0.3 is 6.09 Å². The van der Waals surface area contributed by atoms with Crippen molar-refractivity contribution in [2.24, 2.45) is 0 Å². The third-order valence-corrected chi connectivity index (χ3v) is 8.99. The molecule has 42 heavy (non-hydrogen) atoms. The fourth-order valence-corrected chi connectivity index (χ4v) is 6.57. The molecule has 0 unspecified atom stereocenters. The normalized spacial score (nSPS) is 16.9. The second-order valence-electron chi connectivity index (χ2n) is 11.5. The number of anilines is 2. The third kappa shape index (κ3) is 7.17. The fraction of sp³-hybridized carbons (Fsp3) is 0.500. The monoisotopic (exact) mass is 594 g/mol. The Kier molecular flexibility index (Phi) is 9.87. The van der Waals surface area contributed by atoms with E-state index in [2.05, 4.69) is 58.6 Å². The van der Waals surface area contributed by atoms with Crippen LogP contribution in [0.3, 0.4) is 0 Å². The molecule has 5 rings (SSSR count). The topological polar surface area (TPSA) is 83.6 Å². The molecule has 1 fully saturated rings. The summed E-state index contributed by atoms with van der Waals surface area (Å²) in [4.78, 5) is 31.6. The van der Waals surface area contributed by atoms with Crippen molar-refractivity contribution < 1.29 is 23.8 Å². The molecule has 0 radical (unpaired) electrons. The summed E-state index contributed by atoms with van der Waals surface area (Å²) in [6.07, 6.45) is 1.77. The summed E-state index contributed by atoms with van der Waals surface area (Å²) < 4.78 is 17.7. The SMILES string of the molecule is COCCNC(=O)OCN1C(=O)CC(C)(C)c2ccc(OCCCCN3CCN(c4cccc5sccc45)CC3)cc21. The van der Waals surface area contributed by atoms with E-state index in [1.165, 1.54) is 20.7 Å². The van der Waals surface area contributed by atoms with Crippen LogP contribution in [0.4, 0.5) is 16.2 Å². The number of nitrogens with zero attached hydrogens (tertiary/aromatic N) is 3. The maximum absolute atomic E-state index is 13.0. The first kappa shape index (κ1) is 30.1. The fourth-order valence-electron chi connectivity index (χ4n) is 5.76. The number of nitrogens with one attached hydrogen (secondary N) is 1. The number of fused-ring (bicyclic) bond motifs is 2. The van der Waals surface area contributed by atoms with E-state index < -0.39 is 6.09 Å². The van der Waals surface area contributed by atoms with E-state index in [1.807, 2.05) is 18.2 Å². The van der Waals surface area contributed by atoms with Crippen LogP contribution in [0, 0.1) is 0 Å². The van der Waals surface area contributed by atoms with Crippen LogP contribution in [0.1, 0.15) is 38.7 Å². The number of carbonyl (C=O) groups is 2. The molecule has 0 saturated carbocycles. The van der Waals surface area contributed by atoms with Crippen LogP contribution in [0.2, 0.25) is 0 Å². The lowest BCUT2D eigenvalue weighted by Crippen LogP contribution is -2.46. The van der Waals surface area contributed by atoms with E-state index >= 15 is 0 Å². The molecule has 10 heteroatoms. The lowest BCUT2D eigenvalue weighted by atomic mass is 9.77. The number of methoxy groups -OCH3 is 1. The van der Waals surface area contributed by atoms with Gasteiger partial charge in [0.2, 0.25) is 5.91 Å². The molecule has 9 nitrogen and oxygen atoms in total. The first-order valence-corrected chi connectivity index (χ1v) is 15.6. The van der Waals surface area contributed by atoms with E-state index in [-0.39, 0.29) is 18.1 Å². The van der Waals surface area contributed by atoms with E-state index in [1.54, 1.807) is 18.4 Å². The molecule has 0 spiro atoms. The average Bonchev–Trinajstić information content (AvgIpc) is 3.46. The average molecular weight is 595 g/mol. The number of ether oxygens (including phenoxy) is 3. The van der Waals surface area contributed by atoms with Gasteiger partial charge in [0.15, 0.2) is 6.73 Å². The van der Waals surface area contributed by atoms with Crippen LogP contribution in [-0.2, 0) is 19.7 Å². The maximum Gasteiger partial charge on any atom is 0.408 e. The van der Waals surface area contributed by atoms with Crippen LogP contribution in [0.15, 0.2) is 47.8 Å². The zero-order valence-electron chi connectivity index (χ0n) is 24.9. The maximum atomic E-state index is 13.0. The smallest absolute Gasteiger partial charge is 0.408 e. The second-order valence-corrected chi connectivity index (χ2v) is 12.5. The Hall–Kier alpha value is -3.34. The number of hydrogen-bond acceptors (Lipinski definition) is 8. The third-order valence-electron chi connectivity index (χ3n) is 8.11. The van der Waals surface area contributed by atoms with Crippen LogP contribution in [0.5, 0.6) is 5.75 Å². The molecule has 0 aliphatic carbocycles. The lowest BCUT2D eigenvalue weighted by Gasteiger charge is -2.38. The molecule has 3 aromatic rings. The lowest BCUT2D eigenvalue weighted by molar-refractivity contribution is -0.120. The molecule has 3 heterocycles. The summed E-state index contributed by atoms with van der Waals surface area (Å²) in [5.74, 6) is 0.631. The van der Waals surface area contributed by atoms with Crippen molar-refractivity contribution in [2.75, 3.05) is 76.1 Å². The van der Waals surface area contributed by atoms with Gasteiger partial charge in [0.05, 0.1) is 18.9 Å². The summed E-state index contributed by atoms with van der Waals surface area (Å²) in [5, 5.41) is 6.15. The van der Waals surface area contributed by atoms with Crippen molar-refractivity contribution >= 4 is 44.8 Å². The molecular weight excluding hydrogens is 552 g/mol. The molecule has 0 atom stereocenters.